The topological polar surface area (TPSA) is 81.7 Å². The molecule has 18 heavy (non-hydrogen) atoms. The van der Waals surface area contributed by atoms with Crippen molar-refractivity contribution in [1.82, 2.24) is 5.48 Å². The zero-order chi connectivity index (χ0) is 13.3. The van der Waals surface area contributed by atoms with Crippen LogP contribution in [0.5, 0.6) is 0 Å². The summed E-state index contributed by atoms with van der Waals surface area (Å²) in [7, 11) is -0.934. The number of carbonyl (C=O) groups excluding carboxylic acids is 1. The van der Waals surface area contributed by atoms with E-state index in [1.165, 1.54) is 32.4 Å². The third kappa shape index (κ3) is 1.98. The zero-order valence-corrected chi connectivity index (χ0v) is 10.6. The van der Waals surface area contributed by atoms with Gasteiger partial charge in [-0.15, -0.1) is 0 Å². The van der Waals surface area contributed by atoms with E-state index in [2.05, 4.69) is 10.2 Å². The quantitative estimate of drug-likeness (QED) is 0.643. The zero-order valence-electron chi connectivity index (χ0n) is 9.76. The maximum absolute atomic E-state index is 11.9. The Morgan fingerprint density at radius 1 is 1.28 bits per heavy atom. The summed E-state index contributed by atoms with van der Waals surface area (Å²) in [5, 5.41) is 1.06. The molecule has 0 saturated heterocycles. The predicted molar refractivity (Wildman–Crippen MR) is 63.1 cm³/mol. The smallest absolute Gasteiger partial charge is 0.337 e. The fourth-order valence-electron chi connectivity index (χ4n) is 1.70. The van der Waals surface area contributed by atoms with Crippen molar-refractivity contribution in [2.45, 2.75) is 4.90 Å². The van der Waals surface area contributed by atoms with Gasteiger partial charge in [0.2, 0.25) is 9.84 Å². The number of esters is 1. The first-order chi connectivity index (χ1) is 8.49. The normalized spacial score (nSPS) is 15.8. The average molecular weight is 269 g/mol. The van der Waals surface area contributed by atoms with Gasteiger partial charge < -0.3 is 4.74 Å². The largest absolute Gasteiger partial charge is 0.465 e. The Bertz CT molecular complexity index is 633. The molecule has 0 atom stereocenters. The maximum Gasteiger partial charge on any atom is 0.337 e. The lowest BCUT2D eigenvalue weighted by atomic mass is 10.1. The van der Waals surface area contributed by atoms with Crippen LogP contribution in [0.3, 0.4) is 0 Å². The summed E-state index contributed by atoms with van der Waals surface area (Å²) in [4.78, 5) is 16.1. The number of methoxy groups -OCH3 is 1. The standard InChI is InChI=1S/C11H11NO5S/c1-16-11(13)7-3-4-8-9(12-17-2)6-18(14,15)10(8)5-7/h3-6,12H,1-2H3. The monoisotopic (exact) mass is 269 g/mol. The van der Waals surface area contributed by atoms with Crippen molar-refractivity contribution < 1.29 is 22.8 Å². The summed E-state index contributed by atoms with van der Waals surface area (Å²) in [5.74, 6) is -0.582. The van der Waals surface area contributed by atoms with Crippen molar-refractivity contribution in [1.29, 1.82) is 0 Å². The number of hydroxylamine groups is 1. The fourth-order valence-corrected chi connectivity index (χ4v) is 3.08. The first kappa shape index (κ1) is 12.6. The summed E-state index contributed by atoms with van der Waals surface area (Å²) in [6, 6.07) is 4.32. The van der Waals surface area contributed by atoms with Crippen molar-refractivity contribution in [3.8, 4) is 0 Å². The van der Waals surface area contributed by atoms with Crippen LogP contribution < -0.4 is 5.48 Å². The van der Waals surface area contributed by atoms with Crippen LogP contribution in [0.25, 0.3) is 5.70 Å². The van der Waals surface area contributed by atoms with Gasteiger partial charge in [-0.3, -0.25) is 10.3 Å². The summed E-state index contributed by atoms with van der Waals surface area (Å²) in [6.07, 6.45) is 0. The third-order valence-electron chi connectivity index (χ3n) is 2.48. The number of carbonyl (C=O) groups is 1. The summed E-state index contributed by atoms with van der Waals surface area (Å²) < 4.78 is 28.3. The van der Waals surface area contributed by atoms with Gasteiger partial charge in [0.1, 0.15) is 0 Å². The number of rotatable bonds is 3. The molecular formula is C11H11NO5S. The molecule has 0 spiro atoms. The average Bonchev–Trinajstić information content (AvgIpc) is 2.60. The highest BCUT2D eigenvalue weighted by Crippen LogP contribution is 2.32. The van der Waals surface area contributed by atoms with Gasteiger partial charge >= 0.3 is 5.97 Å². The molecule has 96 valence electrons. The molecule has 7 heteroatoms. The van der Waals surface area contributed by atoms with Crippen LogP contribution in [-0.4, -0.2) is 28.6 Å². The maximum atomic E-state index is 11.9. The fraction of sp³-hybridized carbons (Fsp3) is 0.182. The van der Waals surface area contributed by atoms with Crippen LogP contribution >= 0.6 is 0 Å². The highest BCUT2D eigenvalue weighted by Gasteiger charge is 2.28. The van der Waals surface area contributed by atoms with Crippen molar-refractivity contribution in [3.63, 3.8) is 0 Å². The Balaban J connectivity index is 2.54. The number of nitrogens with one attached hydrogen (secondary N) is 1. The number of ether oxygens (including phenoxy) is 1. The van der Waals surface area contributed by atoms with Crippen LogP contribution in [0.4, 0.5) is 0 Å². The van der Waals surface area contributed by atoms with Crippen molar-refractivity contribution in [3.05, 3.63) is 34.7 Å². The minimum atomic E-state index is -3.55. The van der Waals surface area contributed by atoms with Gasteiger partial charge in [-0.2, -0.15) is 0 Å². The van der Waals surface area contributed by atoms with E-state index in [9.17, 15) is 13.2 Å². The molecule has 1 aliphatic heterocycles. The number of sulfone groups is 1. The van der Waals surface area contributed by atoms with Crippen molar-refractivity contribution in [2.24, 2.45) is 0 Å². The number of fused-ring (bicyclic) bond motifs is 1. The van der Waals surface area contributed by atoms with Gasteiger partial charge in [0, 0.05) is 5.56 Å². The van der Waals surface area contributed by atoms with E-state index in [4.69, 9.17) is 4.84 Å². The molecule has 0 aliphatic carbocycles. The first-order valence-corrected chi connectivity index (χ1v) is 6.53. The molecule has 0 fully saturated rings. The van der Waals surface area contributed by atoms with Gasteiger partial charge in [-0.25, -0.2) is 13.2 Å². The lowest BCUT2D eigenvalue weighted by Gasteiger charge is -2.06. The van der Waals surface area contributed by atoms with Crippen molar-refractivity contribution in [2.75, 3.05) is 14.2 Å². The van der Waals surface area contributed by atoms with E-state index in [1.807, 2.05) is 0 Å². The number of hydrogen-bond acceptors (Lipinski definition) is 6. The molecular weight excluding hydrogens is 258 g/mol. The molecule has 0 unspecified atom stereocenters. The van der Waals surface area contributed by atoms with Crippen LogP contribution in [-0.2, 0) is 19.4 Å². The lowest BCUT2D eigenvalue weighted by Crippen LogP contribution is -2.09. The van der Waals surface area contributed by atoms with E-state index >= 15 is 0 Å². The summed E-state index contributed by atoms with van der Waals surface area (Å²) >= 11 is 0. The van der Waals surface area contributed by atoms with Gasteiger partial charge in [0.05, 0.1) is 35.8 Å². The summed E-state index contributed by atoms with van der Waals surface area (Å²) in [6.45, 7) is 0. The second-order valence-corrected chi connectivity index (χ2v) is 5.35. The molecule has 1 aliphatic rings. The molecule has 1 heterocycles. The number of hydrogen-bond donors (Lipinski definition) is 1. The van der Waals surface area contributed by atoms with Crippen LogP contribution in [0, 0.1) is 0 Å². The Hall–Kier alpha value is -1.86. The van der Waals surface area contributed by atoms with E-state index in [-0.39, 0.29) is 10.5 Å². The lowest BCUT2D eigenvalue weighted by molar-refractivity contribution is 0.0600. The third-order valence-corrected chi connectivity index (χ3v) is 3.98. The Kier molecular flexibility index (Phi) is 3.10. The van der Waals surface area contributed by atoms with Crippen LogP contribution in [0.2, 0.25) is 0 Å². The Morgan fingerprint density at radius 3 is 2.61 bits per heavy atom. The first-order valence-electron chi connectivity index (χ1n) is 4.98. The number of benzene rings is 1. The molecule has 2 rings (SSSR count). The molecule has 6 nitrogen and oxygen atoms in total. The van der Waals surface area contributed by atoms with Gasteiger partial charge in [-0.05, 0) is 12.1 Å². The van der Waals surface area contributed by atoms with E-state index < -0.39 is 15.8 Å². The van der Waals surface area contributed by atoms with Gasteiger partial charge in [0.25, 0.3) is 0 Å². The Morgan fingerprint density at radius 2 is 2.00 bits per heavy atom. The van der Waals surface area contributed by atoms with Crippen molar-refractivity contribution >= 4 is 21.5 Å². The molecule has 0 aromatic heterocycles. The molecule has 0 radical (unpaired) electrons. The second-order valence-electron chi connectivity index (χ2n) is 3.59. The molecule has 1 N–H and O–H groups in total. The molecule has 0 saturated carbocycles. The van der Waals surface area contributed by atoms with Gasteiger partial charge in [-0.1, -0.05) is 6.07 Å². The molecule has 1 aromatic carbocycles. The van der Waals surface area contributed by atoms with E-state index in [0.717, 1.165) is 5.41 Å². The molecule has 0 bridgehead atoms. The van der Waals surface area contributed by atoms with Gasteiger partial charge in [0.15, 0.2) is 0 Å². The predicted octanol–water partition coefficient (Wildman–Crippen LogP) is 0.710. The Labute approximate surface area is 104 Å². The SMILES string of the molecule is CONC1=CS(=O)(=O)c2cc(C(=O)OC)ccc21. The minimum Gasteiger partial charge on any atom is -0.465 e. The minimum absolute atomic E-state index is 0.0601. The second kappa shape index (κ2) is 4.43. The van der Waals surface area contributed by atoms with Crippen LogP contribution in [0.1, 0.15) is 15.9 Å². The van der Waals surface area contributed by atoms with E-state index in [0.29, 0.717) is 11.3 Å². The summed E-state index contributed by atoms with van der Waals surface area (Å²) in [5.41, 5.74) is 3.47. The highest BCUT2D eigenvalue weighted by atomic mass is 32.2. The highest BCUT2D eigenvalue weighted by molar-refractivity contribution is 7.95. The molecule has 0 amide bonds. The van der Waals surface area contributed by atoms with E-state index in [1.54, 1.807) is 0 Å². The van der Waals surface area contributed by atoms with Crippen LogP contribution in [0.15, 0.2) is 28.5 Å². The molecule has 1 aromatic rings.